The maximum absolute atomic E-state index is 13.1. The van der Waals surface area contributed by atoms with Gasteiger partial charge in [-0.3, -0.25) is 14.3 Å². The van der Waals surface area contributed by atoms with Crippen molar-refractivity contribution in [3.8, 4) is 0 Å². The molecule has 1 aliphatic heterocycles. The van der Waals surface area contributed by atoms with E-state index in [9.17, 15) is 14.7 Å². The van der Waals surface area contributed by atoms with Crippen LogP contribution in [0, 0.1) is 5.92 Å². The number of carboxylic acids is 1. The Kier molecular flexibility index (Phi) is 4.23. The van der Waals surface area contributed by atoms with Crippen molar-refractivity contribution in [2.75, 3.05) is 13.1 Å². The molecule has 0 bridgehead atoms. The van der Waals surface area contributed by atoms with Crippen LogP contribution in [0.4, 0.5) is 0 Å². The molecule has 26 heavy (non-hydrogen) atoms. The van der Waals surface area contributed by atoms with Gasteiger partial charge in [0, 0.05) is 37.0 Å². The van der Waals surface area contributed by atoms with Crippen molar-refractivity contribution < 1.29 is 14.7 Å². The Morgan fingerprint density at radius 1 is 1.19 bits per heavy atom. The predicted molar refractivity (Wildman–Crippen MR) is 96.4 cm³/mol. The maximum atomic E-state index is 13.1. The van der Waals surface area contributed by atoms with Crippen LogP contribution in [0.1, 0.15) is 46.3 Å². The minimum Gasteiger partial charge on any atom is -0.481 e. The fraction of sp³-hybridized carbons (Fsp3) is 0.421. The number of hydrogen-bond acceptors (Lipinski definition) is 3. The number of carboxylic acid groups (broad SMARTS) is 1. The third kappa shape index (κ3) is 2.98. The molecule has 1 aromatic heterocycles. The molecule has 2 heterocycles. The van der Waals surface area contributed by atoms with Crippen molar-refractivity contribution in [3.63, 3.8) is 0 Å². The molecule has 0 unspecified atom stereocenters. The van der Waals surface area contributed by atoms with Gasteiger partial charge in [-0.1, -0.05) is 23.7 Å². The predicted octanol–water partition coefficient (Wildman–Crippen LogP) is 2.89. The highest BCUT2D eigenvalue weighted by Crippen LogP contribution is 2.42. The average Bonchev–Trinajstić information content (AvgIpc) is 3.22. The van der Waals surface area contributed by atoms with Gasteiger partial charge in [0.15, 0.2) is 0 Å². The summed E-state index contributed by atoms with van der Waals surface area (Å²) in [6.45, 7) is 0.594. The second-order valence-electron chi connectivity index (χ2n) is 7.15. The molecule has 2 fully saturated rings. The third-order valence-corrected chi connectivity index (χ3v) is 5.65. The maximum Gasteiger partial charge on any atom is 0.308 e. The van der Waals surface area contributed by atoms with Crippen LogP contribution in [0.2, 0.25) is 5.02 Å². The van der Waals surface area contributed by atoms with Crippen LogP contribution >= 0.6 is 11.6 Å². The molecule has 2 aromatic rings. The third-order valence-electron chi connectivity index (χ3n) is 5.40. The minimum atomic E-state index is -0.881. The zero-order chi connectivity index (χ0) is 18.4. The standard InChI is InChI=1S/C19H20ClN3O3/c1-22-17(12-2-3-12)14(8-21-22)18(24)23-9-15(16(10-23)19(25)26)11-4-6-13(20)7-5-11/h4-8,12,15-16H,2-3,9-10H2,1H3,(H,25,26)/t15-,16+/m0/s1. The Bertz CT molecular complexity index is 857. The molecule has 2 atom stereocenters. The summed E-state index contributed by atoms with van der Waals surface area (Å²) in [5.41, 5.74) is 2.47. The van der Waals surface area contributed by atoms with Crippen LogP contribution in [0.15, 0.2) is 30.5 Å². The van der Waals surface area contributed by atoms with E-state index in [1.54, 1.807) is 27.9 Å². The molecule has 136 valence electrons. The summed E-state index contributed by atoms with van der Waals surface area (Å²) in [4.78, 5) is 26.5. The van der Waals surface area contributed by atoms with Crippen LogP contribution in [-0.4, -0.2) is 44.8 Å². The van der Waals surface area contributed by atoms with E-state index >= 15 is 0 Å². The molecular formula is C19H20ClN3O3. The molecule has 1 aliphatic carbocycles. The van der Waals surface area contributed by atoms with E-state index in [4.69, 9.17) is 11.6 Å². The van der Waals surface area contributed by atoms with Crippen molar-refractivity contribution in [3.05, 3.63) is 52.3 Å². The van der Waals surface area contributed by atoms with Crippen molar-refractivity contribution in [1.29, 1.82) is 0 Å². The largest absolute Gasteiger partial charge is 0.481 e. The summed E-state index contributed by atoms with van der Waals surface area (Å²) in [5.74, 6) is -1.47. The second-order valence-corrected chi connectivity index (χ2v) is 7.59. The molecule has 1 N–H and O–H groups in total. The Morgan fingerprint density at radius 3 is 2.50 bits per heavy atom. The zero-order valence-corrected chi connectivity index (χ0v) is 15.2. The van der Waals surface area contributed by atoms with E-state index in [0.717, 1.165) is 24.1 Å². The molecule has 0 radical (unpaired) electrons. The van der Waals surface area contributed by atoms with Crippen molar-refractivity contribution in [2.45, 2.75) is 24.7 Å². The van der Waals surface area contributed by atoms with E-state index < -0.39 is 11.9 Å². The van der Waals surface area contributed by atoms with Crippen LogP contribution in [-0.2, 0) is 11.8 Å². The average molecular weight is 374 g/mol. The summed E-state index contributed by atoms with van der Waals surface area (Å²) in [6.07, 6.45) is 3.76. The molecule has 2 aliphatic rings. The van der Waals surface area contributed by atoms with Crippen LogP contribution in [0.3, 0.4) is 0 Å². The summed E-state index contributed by atoms with van der Waals surface area (Å²) >= 11 is 5.94. The van der Waals surface area contributed by atoms with Gasteiger partial charge in [0.25, 0.3) is 5.91 Å². The first kappa shape index (κ1) is 17.1. The lowest BCUT2D eigenvalue weighted by molar-refractivity contribution is -0.141. The van der Waals surface area contributed by atoms with Crippen LogP contribution in [0.5, 0.6) is 0 Å². The van der Waals surface area contributed by atoms with Crippen LogP contribution in [0.25, 0.3) is 0 Å². The molecule has 1 aromatic carbocycles. The number of carbonyl (C=O) groups excluding carboxylic acids is 1. The number of hydrogen-bond donors (Lipinski definition) is 1. The fourth-order valence-electron chi connectivity index (χ4n) is 3.89. The van der Waals surface area contributed by atoms with E-state index in [-0.39, 0.29) is 18.4 Å². The van der Waals surface area contributed by atoms with E-state index in [1.807, 2.05) is 19.2 Å². The highest BCUT2D eigenvalue weighted by atomic mass is 35.5. The van der Waals surface area contributed by atoms with Gasteiger partial charge < -0.3 is 10.0 Å². The highest BCUT2D eigenvalue weighted by molar-refractivity contribution is 6.30. The monoisotopic (exact) mass is 373 g/mol. The summed E-state index contributed by atoms with van der Waals surface area (Å²) in [7, 11) is 1.85. The Hall–Kier alpha value is -2.34. The molecule has 6 nitrogen and oxygen atoms in total. The first-order valence-electron chi connectivity index (χ1n) is 8.75. The first-order valence-corrected chi connectivity index (χ1v) is 9.13. The Labute approximate surface area is 156 Å². The zero-order valence-electron chi connectivity index (χ0n) is 14.4. The van der Waals surface area contributed by atoms with Crippen molar-refractivity contribution in [1.82, 2.24) is 14.7 Å². The van der Waals surface area contributed by atoms with Gasteiger partial charge in [-0.05, 0) is 30.5 Å². The van der Waals surface area contributed by atoms with Crippen LogP contribution < -0.4 is 0 Å². The number of amides is 1. The normalized spacial score (nSPS) is 22.6. The first-order chi connectivity index (χ1) is 12.5. The highest BCUT2D eigenvalue weighted by Gasteiger charge is 2.42. The Morgan fingerprint density at radius 2 is 1.88 bits per heavy atom. The lowest BCUT2D eigenvalue weighted by Gasteiger charge is -2.17. The lowest BCUT2D eigenvalue weighted by Crippen LogP contribution is -2.30. The number of aliphatic carboxylic acids is 1. The van der Waals surface area contributed by atoms with E-state index in [0.29, 0.717) is 23.0 Å². The van der Waals surface area contributed by atoms with Gasteiger partial charge in [-0.15, -0.1) is 0 Å². The van der Waals surface area contributed by atoms with Gasteiger partial charge >= 0.3 is 5.97 Å². The van der Waals surface area contributed by atoms with Gasteiger partial charge in [0.2, 0.25) is 0 Å². The van der Waals surface area contributed by atoms with E-state index in [2.05, 4.69) is 5.10 Å². The molecule has 0 spiro atoms. The number of nitrogens with zero attached hydrogens (tertiary/aromatic N) is 3. The summed E-state index contributed by atoms with van der Waals surface area (Å²) < 4.78 is 1.77. The number of aryl methyl sites for hydroxylation is 1. The molecule has 1 amide bonds. The number of rotatable bonds is 4. The molecule has 4 rings (SSSR count). The molecule has 1 saturated carbocycles. The molecule has 7 heteroatoms. The molecule has 1 saturated heterocycles. The molecular weight excluding hydrogens is 354 g/mol. The number of carbonyl (C=O) groups is 2. The van der Waals surface area contributed by atoms with Gasteiger partial charge in [-0.25, -0.2) is 0 Å². The minimum absolute atomic E-state index is 0.122. The topological polar surface area (TPSA) is 75.4 Å². The van der Waals surface area contributed by atoms with Gasteiger partial charge in [0.1, 0.15) is 0 Å². The quantitative estimate of drug-likeness (QED) is 0.894. The Balaban J connectivity index is 1.61. The number of halogens is 1. The number of benzene rings is 1. The summed E-state index contributed by atoms with van der Waals surface area (Å²) in [5, 5.41) is 14.5. The van der Waals surface area contributed by atoms with Crippen molar-refractivity contribution in [2.24, 2.45) is 13.0 Å². The second kappa shape index (κ2) is 6.43. The number of likely N-dealkylation sites (tertiary alicyclic amines) is 1. The fourth-order valence-corrected chi connectivity index (χ4v) is 4.02. The number of aromatic nitrogens is 2. The van der Waals surface area contributed by atoms with E-state index in [1.165, 1.54) is 0 Å². The van der Waals surface area contributed by atoms with Gasteiger partial charge in [-0.2, -0.15) is 5.10 Å². The smallest absolute Gasteiger partial charge is 0.308 e. The summed E-state index contributed by atoms with van der Waals surface area (Å²) in [6, 6.07) is 7.20. The van der Waals surface area contributed by atoms with Gasteiger partial charge in [0.05, 0.1) is 23.4 Å². The SMILES string of the molecule is Cn1ncc(C(=O)N2C[C@@H](C(=O)O)[C@H](c3ccc(Cl)cc3)C2)c1C1CC1. The lowest BCUT2D eigenvalue weighted by atomic mass is 9.89. The van der Waals surface area contributed by atoms with Crippen molar-refractivity contribution >= 4 is 23.5 Å².